The van der Waals surface area contributed by atoms with Crippen molar-refractivity contribution in [3.8, 4) is 5.75 Å². The van der Waals surface area contributed by atoms with Crippen LogP contribution in [0.3, 0.4) is 0 Å². The second kappa shape index (κ2) is 4.14. The molecule has 5 nitrogen and oxygen atoms in total. The highest BCUT2D eigenvalue weighted by Crippen LogP contribution is 2.31. The quantitative estimate of drug-likeness (QED) is 0.733. The van der Waals surface area contributed by atoms with Crippen LogP contribution in [0.2, 0.25) is 0 Å². The molecule has 84 valence electrons. The molecule has 16 heavy (non-hydrogen) atoms. The average molecular weight is 218 g/mol. The van der Waals surface area contributed by atoms with Crippen molar-refractivity contribution in [2.75, 3.05) is 12.4 Å². The third-order valence-electron chi connectivity index (χ3n) is 2.41. The number of aromatic amines is 1. The summed E-state index contributed by atoms with van der Waals surface area (Å²) in [6, 6.07) is 0. The van der Waals surface area contributed by atoms with Gasteiger partial charge in [-0.2, -0.15) is 0 Å². The van der Waals surface area contributed by atoms with Gasteiger partial charge < -0.3 is 20.8 Å². The SMILES string of the molecule is COc1cnc(N/C=C\N)c2[nH]cc(C)c12. The summed E-state index contributed by atoms with van der Waals surface area (Å²) in [5.41, 5.74) is 7.31. The van der Waals surface area contributed by atoms with Gasteiger partial charge in [-0.15, -0.1) is 0 Å². The summed E-state index contributed by atoms with van der Waals surface area (Å²) in [5.74, 6) is 1.49. The molecule has 0 atom stereocenters. The number of nitrogens with zero attached hydrogens (tertiary/aromatic N) is 1. The Labute approximate surface area is 93.3 Å². The van der Waals surface area contributed by atoms with Gasteiger partial charge in [0.1, 0.15) is 5.75 Å². The molecule has 4 N–H and O–H groups in total. The lowest BCUT2D eigenvalue weighted by molar-refractivity contribution is 0.418. The minimum absolute atomic E-state index is 0.727. The molecule has 0 unspecified atom stereocenters. The number of nitrogens with two attached hydrogens (primary N) is 1. The van der Waals surface area contributed by atoms with E-state index in [-0.39, 0.29) is 0 Å². The Morgan fingerprint density at radius 1 is 1.56 bits per heavy atom. The van der Waals surface area contributed by atoms with Crippen LogP contribution in [0.4, 0.5) is 5.82 Å². The number of aromatic nitrogens is 2. The lowest BCUT2D eigenvalue weighted by Crippen LogP contribution is -1.96. The van der Waals surface area contributed by atoms with Gasteiger partial charge in [0.05, 0.1) is 18.8 Å². The van der Waals surface area contributed by atoms with Gasteiger partial charge in [0.2, 0.25) is 0 Å². The molecule has 2 heterocycles. The molecule has 0 amide bonds. The maximum Gasteiger partial charge on any atom is 0.154 e. The molecule has 5 heteroatoms. The normalized spacial score (nSPS) is 11.1. The van der Waals surface area contributed by atoms with Gasteiger partial charge in [-0.05, 0) is 12.5 Å². The number of hydrogen-bond acceptors (Lipinski definition) is 4. The maximum absolute atomic E-state index is 5.28. The standard InChI is InChI=1S/C11H14N4O/c1-7-5-14-10-9(7)8(16-2)6-15-11(10)13-4-3-12/h3-6,14H,12H2,1-2H3,(H,13,15)/b4-3-. The first-order valence-corrected chi connectivity index (χ1v) is 4.92. The molecule has 0 aliphatic heterocycles. The van der Waals surface area contributed by atoms with Gasteiger partial charge in [-0.3, -0.25) is 0 Å². The van der Waals surface area contributed by atoms with E-state index in [2.05, 4.69) is 15.3 Å². The summed E-state index contributed by atoms with van der Waals surface area (Å²) in [7, 11) is 1.63. The molecule has 0 radical (unpaired) electrons. The largest absolute Gasteiger partial charge is 0.494 e. The van der Waals surface area contributed by atoms with Crippen molar-refractivity contribution in [2.24, 2.45) is 5.73 Å². The Morgan fingerprint density at radius 2 is 2.38 bits per heavy atom. The number of aryl methyl sites for hydroxylation is 1. The van der Waals surface area contributed by atoms with Crippen molar-refractivity contribution >= 4 is 16.7 Å². The summed E-state index contributed by atoms with van der Waals surface area (Å²) < 4.78 is 5.27. The van der Waals surface area contributed by atoms with E-state index in [4.69, 9.17) is 10.5 Å². The molecule has 0 fully saturated rings. The highest BCUT2D eigenvalue weighted by Gasteiger charge is 2.10. The molecule has 2 aromatic rings. The third-order valence-corrected chi connectivity index (χ3v) is 2.41. The lowest BCUT2D eigenvalue weighted by Gasteiger charge is -2.06. The Morgan fingerprint density at radius 3 is 3.06 bits per heavy atom. The van der Waals surface area contributed by atoms with Crippen LogP contribution in [0.15, 0.2) is 24.8 Å². The number of ether oxygens (including phenoxy) is 1. The highest BCUT2D eigenvalue weighted by atomic mass is 16.5. The first-order valence-electron chi connectivity index (χ1n) is 4.92. The van der Waals surface area contributed by atoms with Crippen molar-refractivity contribution in [3.05, 3.63) is 30.4 Å². The lowest BCUT2D eigenvalue weighted by atomic mass is 10.2. The summed E-state index contributed by atoms with van der Waals surface area (Å²) in [6.45, 7) is 2.02. The molecule has 0 spiro atoms. The van der Waals surface area contributed by atoms with E-state index in [0.717, 1.165) is 28.0 Å². The van der Waals surface area contributed by atoms with Gasteiger partial charge in [0, 0.05) is 24.0 Å². The Hall–Kier alpha value is -2.17. The molecule has 0 saturated heterocycles. The van der Waals surface area contributed by atoms with Crippen LogP contribution in [0.1, 0.15) is 5.56 Å². The van der Waals surface area contributed by atoms with E-state index < -0.39 is 0 Å². The minimum atomic E-state index is 0.727. The molecule has 2 aromatic heterocycles. The van der Waals surface area contributed by atoms with Crippen LogP contribution in [0.25, 0.3) is 10.9 Å². The first-order chi connectivity index (χ1) is 7.77. The van der Waals surface area contributed by atoms with Crippen molar-refractivity contribution in [1.82, 2.24) is 9.97 Å². The zero-order valence-electron chi connectivity index (χ0n) is 9.24. The van der Waals surface area contributed by atoms with E-state index in [1.807, 2.05) is 13.1 Å². The van der Waals surface area contributed by atoms with Gasteiger partial charge in [0.15, 0.2) is 5.82 Å². The summed E-state index contributed by atoms with van der Waals surface area (Å²) in [4.78, 5) is 7.41. The predicted octanol–water partition coefficient (Wildman–Crippen LogP) is 1.72. The fourth-order valence-electron chi connectivity index (χ4n) is 1.67. The number of hydrogen-bond donors (Lipinski definition) is 3. The van der Waals surface area contributed by atoms with Crippen LogP contribution >= 0.6 is 0 Å². The Balaban J connectivity index is 2.61. The predicted molar refractivity (Wildman–Crippen MR) is 64.3 cm³/mol. The molecule has 2 rings (SSSR count). The van der Waals surface area contributed by atoms with Crippen LogP contribution in [-0.2, 0) is 0 Å². The number of pyridine rings is 1. The maximum atomic E-state index is 5.28. The molecule has 0 bridgehead atoms. The van der Waals surface area contributed by atoms with Crippen molar-refractivity contribution in [2.45, 2.75) is 6.92 Å². The number of rotatable bonds is 3. The second-order valence-electron chi connectivity index (χ2n) is 3.40. The molecule has 0 saturated carbocycles. The zero-order valence-corrected chi connectivity index (χ0v) is 9.24. The number of nitrogens with one attached hydrogen (secondary N) is 2. The van der Waals surface area contributed by atoms with Crippen LogP contribution < -0.4 is 15.8 Å². The van der Waals surface area contributed by atoms with Crippen LogP contribution in [-0.4, -0.2) is 17.1 Å². The zero-order chi connectivity index (χ0) is 11.5. The van der Waals surface area contributed by atoms with Gasteiger partial charge in [-0.25, -0.2) is 4.98 Å². The molecule has 0 aliphatic rings. The van der Waals surface area contributed by atoms with Crippen LogP contribution in [0.5, 0.6) is 5.75 Å². The van der Waals surface area contributed by atoms with Crippen molar-refractivity contribution in [1.29, 1.82) is 0 Å². The monoisotopic (exact) mass is 218 g/mol. The van der Waals surface area contributed by atoms with E-state index in [0.29, 0.717) is 0 Å². The van der Waals surface area contributed by atoms with Gasteiger partial charge in [0.25, 0.3) is 0 Å². The summed E-state index contributed by atoms with van der Waals surface area (Å²) in [6.07, 6.45) is 6.67. The fourth-order valence-corrected chi connectivity index (χ4v) is 1.67. The minimum Gasteiger partial charge on any atom is -0.494 e. The van der Waals surface area contributed by atoms with E-state index in [1.54, 1.807) is 19.5 Å². The summed E-state index contributed by atoms with van der Waals surface area (Å²) >= 11 is 0. The Kier molecular flexibility index (Phi) is 2.68. The summed E-state index contributed by atoms with van der Waals surface area (Å²) in [5, 5.41) is 4.03. The number of fused-ring (bicyclic) bond motifs is 1. The first kappa shape index (κ1) is 10.4. The highest BCUT2D eigenvalue weighted by molar-refractivity contribution is 5.96. The third kappa shape index (κ3) is 1.56. The van der Waals surface area contributed by atoms with Crippen molar-refractivity contribution in [3.63, 3.8) is 0 Å². The number of H-pyrrole nitrogens is 1. The van der Waals surface area contributed by atoms with Gasteiger partial charge in [-0.1, -0.05) is 0 Å². The molecule has 0 aliphatic carbocycles. The average Bonchev–Trinajstić information content (AvgIpc) is 2.69. The number of methoxy groups -OCH3 is 1. The molecular weight excluding hydrogens is 204 g/mol. The van der Waals surface area contributed by atoms with Gasteiger partial charge >= 0.3 is 0 Å². The van der Waals surface area contributed by atoms with E-state index >= 15 is 0 Å². The van der Waals surface area contributed by atoms with Crippen LogP contribution in [0, 0.1) is 6.92 Å². The van der Waals surface area contributed by atoms with E-state index in [9.17, 15) is 0 Å². The molecular formula is C11H14N4O. The van der Waals surface area contributed by atoms with Crippen molar-refractivity contribution < 1.29 is 4.74 Å². The second-order valence-corrected chi connectivity index (χ2v) is 3.40. The fraction of sp³-hybridized carbons (Fsp3) is 0.182. The Bertz CT molecular complexity index is 530. The van der Waals surface area contributed by atoms with E-state index in [1.165, 1.54) is 6.20 Å². The number of anilines is 1. The topological polar surface area (TPSA) is 76.0 Å². The molecule has 0 aromatic carbocycles. The smallest absolute Gasteiger partial charge is 0.154 e.